The first-order valence-electron chi connectivity index (χ1n) is 7.29. The van der Waals surface area contributed by atoms with Gasteiger partial charge < -0.3 is 14.5 Å². The summed E-state index contributed by atoms with van der Waals surface area (Å²) in [7, 11) is 1.62. The molecule has 1 fully saturated rings. The van der Waals surface area contributed by atoms with Crippen LogP contribution in [-0.4, -0.2) is 43.3 Å². The Morgan fingerprint density at radius 3 is 2.32 bits per heavy atom. The second-order valence-corrected chi connectivity index (χ2v) is 5.76. The highest BCUT2D eigenvalue weighted by Crippen LogP contribution is 2.26. The van der Waals surface area contributed by atoms with Crippen molar-refractivity contribution in [1.29, 1.82) is 0 Å². The van der Waals surface area contributed by atoms with Gasteiger partial charge in [-0.2, -0.15) is 0 Å². The van der Waals surface area contributed by atoms with Crippen LogP contribution in [-0.2, 0) is 0 Å². The van der Waals surface area contributed by atoms with Crippen molar-refractivity contribution in [1.82, 2.24) is 9.97 Å². The lowest BCUT2D eigenvalue weighted by Crippen LogP contribution is -2.47. The van der Waals surface area contributed by atoms with Gasteiger partial charge in [0.15, 0.2) is 5.75 Å². The Morgan fingerprint density at radius 2 is 1.68 bits per heavy atom. The van der Waals surface area contributed by atoms with E-state index in [-0.39, 0.29) is 0 Å². The van der Waals surface area contributed by atoms with E-state index in [4.69, 9.17) is 16.3 Å². The molecule has 0 saturated carbocycles. The molecule has 116 valence electrons. The van der Waals surface area contributed by atoms with Gasteiger partial charge in [-0.15, -0.1) is 0 Å². The summed E-state index contributed by atoms with van der Waals surface area (Å²) in [4.78, 5) is 13.3. The molecule has 0 spiro atoms. The molecule has 1 aromatic carbocycles. The fourth-order valence-corrected chi connectivity index (χ4v) is 2.82. The first kappa shape index (κ1) is 14.9. The molecule has 22 heavy (non-hydrogen) atoms. The second-order valence-electron chi connectivity index (χ2n) is 5.33. The molecule has 0 unspecified atom stereocenters. The van der Waals surface area contributed by atoms with Crippen molar-refractivity contribution in [2.24, 2.45) is 0 Å². The third kappa shape index (κ3) is 3.09. The number of aryl methyl sites for hydroxylation is 1. The van der Waals surface area contributed by atoms with Crippen LogP contribution in [0, 0.1) is 6.92 Å². The summed E-state index contributed by atoms with van der Waals surface area (Å²) >= 11 is 6.12. The van der Waals surface area contributed by atoms with Crippen molar-refractivity contribution < 1.29 is 4.74 Å². The zero-order valence-corrected chi connectivity index (χ0v) is 13.5. The summed E-state index contributed by atoms with van der Waals surface area (Å²) in [5, 5.41) is 0.779. The minimum absolute atomic E-state index is 0.678. The Morgan fingerprint density at radius 1 is 1.05 bits per heavy atom. The lowest BCUT2D eigenvalue weighted by atomic mass is 10.1. The molecule has 0 bridgehead atoms. The van der Waals surface area contributed by atoms with Gasteiger partial charge in [-0.05, 0) is 24.6 Å². The third-order valence-electron chi connectivity index (χ3n) is 3.92. The molecule has 0 radical (unpaired) electrons. The van der Waals surface area contributed by atoms with Gasteiger partial charge in [-0.25, -0.2) is 9.97 Å². The third-order valence-corrected chi connectivity index (χ3v) is 4.16. The molecule has 3 rings (SSSR count). The first-order valence-corrected chi connectivity index (χ1v) is 7.67. The maximum atomic E-state index is 6.12. The van der Waals surface area contributed by atoms with Gasteiger partial charge in [0, 0.05) is 36.9 Å². The van der Waals surface area contributed by atoms with E-state index >= 15 is 0 Å². The summed E-state index contributed by atoms with van der Waals surface area (Å²) in [6.45, 7) is 5.74. The van der Waals surface area contributed by atoms with E-state index in [0.717, 1.165) is 37.1 Å². The first-order chi connectivity index (χ1) is 10.7. The van der Waals surface area contributed by atoms with E-state index in [1.165, 1.54) is 11.3 Å². The van der Waals surface area contributed by atoms with Gasteiger partial charge in [-0.1, -0.05) is 17.7 Å². The lowest BCUT2D eigenvalue weighted by molar-refractivity contribution is 0.410. The molecule has 6 heteroatoms. The normalized spacial score (nSPS) is 15.0. The number of hydrogen-bond acceptors (Lipinski definition) is 5. The molecular weight excluding hydrogens is 300 g/mol. The molecule has 0 aliphatic carbocycles. The lowest BCUT2D eigenvalue weighted by Gasteiger charge is -2.36. The van der Waals surface area contributed by atoms with Crippen LogP contribution in [0.2, 0.25) is 5.02 Å². The monoisotopic (exact) mass is 318 g/mol. The van der Waals surface area contributed by atoms with Crippen LogP contribution in [0.3, 0.4) is 0 Å². The number of ether oxygens (including phenoxy) is 1. The van der Waals surface area contributed by atoms with Gasteiger partial charge in [0.05, 0.1) is 19.5 Å². The van der Waals surface area contributed by atoms with E-state index in [1.54, 1.807) is 19.5 Å². The predicted molar refractivity (Wildman–Crippen MR) is 89.2 cm³/mol. The molecule has 1 aliphatic heterocycles. The predicted octanol–water partition coefficient (Wildman–Crippen LogP) is 2.77. The van der Waals surface area contributed by atoms with Gasteiger partial charge in [0.2, 0.25) is 5.95 Å². The number of anilines is 2. The van der Waals surface area contributed by atoms with Gasteiger partial charge in [0.25, 0.3) is 0 Å². The molecule has 1 saturated heterocycles. The van der Waals surface area contributed by atoms with Crippen LogP contribution in [0.4, 0.5) is 11.6 Å². The summed E-state index contributed by atoms with van der Waals surface area (Å²) in [5.41, 5.74) is 2.46. The number of benzene rings is 1. The summed E-state index contributed by atoms with van der Waals surface area (Å²) < 4.78 is 5.09. The van der Waals surface area contributed by atoms with Crippen LogP contribution in [0.25, 0.3) is 0 Å². The Bertz CT molecular complexity index is 639. The molecule has 2 heterocycles. The number of aromatic nitrogens is 2. The Hall–Kier alpha value is -2.01. The number of hydrogen-bond donors (Lipinski definition) is 0. The average Bonchev–Trinajstić information content (AvgIpc) is 2.57. The highest BCUT2D eigenvalue weighted by Gasteiger charge is 2.20. The van der Waals surface area contributed by atoms with E-state index in [2.05, 4.69) is 32.8 Å². The average molecular weight is 319 g/mol. The standard InChI is InChI=1S/C16H19ClN4O/c1-12-3-4-13(17)9-15(12)20-5-7-21(8-6-20)16-18-10-14(22-2)11-19-16/h3-4,9-11H,5-8H2,1-2H3. The van der Waals surface area contributed by atoms with E-state index in [1.807, 2.05) is 12.1 Å². The Balaban J connectivity index is 1.68. The van der Waals surface area contributed by atoms with Crippen molar-refractivity contribution >= 4 is 23.2 Å². The number of nitrogens with zero attached hydrogens (tertiary/aromatic N) is 4. The van der Waals surface area contributed by atoms with E-state index < -0.39 is 0 Å². The van der Waals surface area contributed by atoms with E-state index in [9.17, 15) is 0 Å². The number of rotatable bonds is 3. The quantitative estimate of drug-likeness (QED) is 0.870. The molecule has 0 atom stereocenters. The van der Waals surface area contributed by atoms with Gasteiger partial charge >= 0.3 is 0 Å². The fraction of sp³-hybridized carbons (Fsp3) is 0.375. The zero-order chi connectivity index (χ0) is 15.5. The summed E-state index contributed by atoms with van der Waals surface area (Å²) in [6, 6.07) is 6.04. The summed E-state index contributed by atoms with van der Waals surface area (Å²) in [6.07, 6.45) is 3.41. The molecule has 1 aromatic heterocycles. The maximum absolute atomic E-state index is 6.12. The second kappa shape index (κ2) is 6.40. The van der Waals surface area contributed by atoms with Gasteiger partial charge in [0.1, 0.15) is 0 Å². The van der Waals surface area contributed by atoms with Crippen LogP contribution in [0.15, 0.2) is 30.6 Å². The molecule has 0 N–H and O–H groups in total. The van der Waals surface area contributed by atoms with Crippen LogP contribution >= 0.6 is 11.6 Å². The van der Waals surface area contributed by atoms with E-state index in [0.29, 0.717) is 5.75 Å². The van der Waals surface area contributed by atoms with Crippen LogP contribution in [0.5, 0.6) is 5.75 Å². The Kier molecular flexibility index (Phi) is 4.34. The fourth-order valence-electron chi connectivity index (χ4n) is 2.65. The van der Waals surface area contributed by atoms with Crippen molar-refractivity contribution in [3.05, 3.63) is 41.2 Å². The maximum Gasteiger partial charge on any atom is 0.225 e. The summed E-state index contributed by atoms with van der Waals surface area (Å²) in [5.74, 6) is 1.43. The largest absolute Gasteiger partial charge is 0.494 e. The molecule has 2 aromatic rings. The van der Waals surface area contributed by atoms with Crippen LogP contribution in [0.1, 0.15) is 5.56 Å². The number of piperazine rings is 1. The highest BCUT2D eigenvalue weighted by atomic mass is 35.5. The Labute approximate surface area is 135 Å². The highest BCUT2D eigenvalue weighted by molar-refractivity contribution is 6.30. The van der Waals surface area contributed by atoms with Crippen molar-refractivity contribution in [3.8, 4) is 5.75 Å². The van der Waals surface area contributed by atoms with Crippen molar-refractivity contribution in [2.45, 2.75) is 6.92 Å². The molecular formula is C16H19ClN4O. The smallest absolute Gasteiger partial charge is 0.225 e. The van der Waals surface area contributed by atoms with Crippen LogP contribution < -0.4 is 14.5 Å². The molecule has 5 nitrogen and oxygen atoms in total. The minimum Gasteiger partial charge on any atom is -0.494 e. The van der Waals surface area contributed by atoms with Gasteiger partial charge in [-0.3, -0.25) is 0 Å². The minimum atomic E-state index is 0.678. The number of methoxy groups -OCH3 is 1. The topological polar surface area (TPSA) is 41.5 Å². The SMILES string of the molecule is COc1cnc(N2CCN(c3cc(Cl)ccc3C)CC2)nc1. The molecule has 0 amide bonds. The van der Waals surface area contributed by atoms with Crippen molar-refractivity contribution in [3.63, 3.8) is 0 Å². The molecule has 1 aliphatic rings. The van der Waals surface area contributed by atoms with Crippen molar-refractivity contribution in [2.75, 3.05) is 43.1 Å². The zero-order valence-electron chi connectivity index (χ0n) is 12.8. The number of halogens is 1.